The first kappa shape index (κ1) is 12.9. The van der Waals surface area contributed by atoms with E-state index in [9.17, 15) is 4.79 Å². The molecule has 2 aromatic heterocycles. The topological polar surface area (TPSA) is 70.9 Å². The highest BCUT2D eigenvalue weighted by Gasteiger charge is 2.23. The highest BCUT2D eigenvalue weighted by molar-refractivity contribution is 5.93. The zero-order valence-corrected chi connectivity index (χ0v) is 11.9. The Morgan fingerprint density at radius 1 is 1.18 bits per heavy atom. The number of nitrogens with one attached hydrogen (secondary N) is 2. The molecule has 110 valence electrons. The lowest BCUT2D eigenvalue weighted by Crippen LogP contribution is -2.35. The summed E-state index contributed by atoms with van der Waals surface area (Å²) in [6.45, 7) is 0. The van der Waals surface area contributed by atoms with Gasteiger partial charge in [-0.2, -0.15) is 5.10 Å². The molecular weight excluding hydrogens is 278 g/mol. The van der Waals surface area contributed by atoms with Crippen LogP contribution in [0.2, 0.25) is 0 Å². The maximum Gasteiger partial charge on any atom is 0.272 e. The van der Waals surface area contributed by atoms with Gasteiger partial charge in [0.1, 0.15) is 5.69 Å². The molecule has 1 amide bonds. The van der Waals surface area contributed by atoms with Crippen molar-refractivity contribution in [3.05, 3.63) is 65.5 Å². The van der Waals surface area contributed by atoms with Crippen molar-refractivity contribution in [1.82, 2.24) is 15.5 Å². The summed E-state index contributed by atoms with van der Waals surface area (Å²) >= 11 is 0. The minimum absolute atomic E-state index is 0.133. The van der Waals surface area contributed by atoms with Gasteiger partial charge in [-0.05, 0) is 36.1 Å². The quantitative estimate of drug-likeness (QED) is 0.779. The van der Waals surface area contributed by atoms with Gasteiger partial charge in [0.15, 0.2) is 11.5 Å². The number of aromatic amines is 1. The molecule has 2 heterocycles. The molecular formula is C17H15N3O2. The van der Waals surface area contributed by atoms with Gasteiger partial charge in [0.2, 0.25) is 0 Å². The maximum atomic E-state index is 12.3. The van der Waals surface area contributed by atoms with Crippen LogP contribution in [-0.4, -0.2) is 22.1 Å². The van der Waals surface area contributed by atoms with Crippen molar-refractivity contribution in [2.75, 3.05) is 0 Å². The van der Waals surface area contributed by atoms with Crippen LogP contribution in [0.5, 0.6) is 0 Å². The fraction of sp³-hybridized carbons (Fsp3) is 0.176. The molecule has 4 rings (SSSR count). The molecule has 1 aliphatic rings. The van der Waals surface area contributed by atoms with E-state index < -0.39 is 0 Å². The van der Waals surface area contributed by atoms with E-state index in [4.69, 9.17) is 4.42 Å². The van der Waals surface area contributed by atoms with Crippen molar-refractivity contribution in [3.63, 3.8) is 0 Å². The molecule has 0 fully saturated rings. The molecule has 3 aromatic rings. The number of H-pyrrole nitrogens is 1. The highest BCUT2D eigenvalue weighted by atomic mass is 16.3. The Morgan fingerprint density at radius 3 is 2.64 bits per heavy atom. The van der Waals surface area contributed by atoms with Crippen molar-refractivity contribution < 1.29 is 9.21 Å². The first-order valence-electron chi connectivity index (χ1n) is 7.26. The first-order valence-corrected chi connectivity index (χ1v) is 7.26. The second-order valence-electron chi connectivity index (χ2n) is 5.49. The summed E-state index contributed by atoms with van der Waals surface area (Å²) in [4.78, 5) is 12.3. The van der Waals surface area contributed by atoms with E-state index in [-0.39, 0.29) is 11.9 Å². The average Bonchev–Trinajstić information content (AvgIpc) is 3.26. The number of aromatic nitrogens is 2. The van der Waals surface area contributed by atoms with Gasteiger partial charge >= 0.3 is 0 Å². The van der Waals surface area contributed by atoms with Crippen LogP contribution >= 0.6 is 0 Å². The summed E-state index contributed by atoms with van der Waals surface area (Å²) in [5, 5.41) is 9.94. The van der Waals surface area contributed by atoms with Crippen LogP contribution in [0, 0.1) is 0 Å². The van der Waals surface area contributed by atoms with Crippen LogP contribution in [0.4, 0.5) is 0 Å². The summed E-state index contributed by atoms with van der Waals surface area (Å²) in [5.74, 6) is 0.506. The van der Waals surface area contributed by atoms with Crippen molar-refractivity contribution in [3.8, 4) is 11.5 Å². The summed E-state index contributed by atoms with van der Waals surface area (Å²) in [6, 6.07) is 13.8. The van der Waals surface area contributed by atoms with Gasteiger partial charge in [-0.3, -0.25) is 9.89 Å². The smallest absolute Gasteiger partial charge is 0.272 e. The second-order valence-corrected chi connectivity index (χ2v) is 5.49. The number of carbonyl (C=O) groups excluding carboxylic acids is 1. The van der Waals surface area contributed by atoms with Crippen LogP contribution < -0.4 is 5.32 Å². The molecule has 2 N–H and O–H groups in total. The minimum Gasteiger partial charge on any atom is -0.463 e. The van der Waals surface area contributed by atoms with E-state index in [0.29, 0.717) is 17.1 Å². The van der Waals surface area contributed by atoms with Gasteiger partial charge in [-0.25, -0.2) is 0 Å². The molecule has 5 heteroatoms. The number of furan rings is 1. The molecule has 0 unspecified atom stereocenters. The molecule has 0 aliphatic heterocycles. The zero-order chi connectivity index (χ0) is 14.9. The number of nitrogens with zero attached hydrogens (tertiary/aromatic N) is 1. The highest BCUT2D eigenvalue weighted by Crippen LogP contribution is 2.22. The predicted octanol–water partition coefficient (Wildman–Crippen LogP) is 2.57. The standard InChI is InChI=1S/C17H15N3O2/c21-17(15-10-14(19-20-15)16-6-3-7-22-16)18-13-8-11-4-1-2-5-12(11)9-13/h1-7,10,13H,8-9H2,(H,18,21)(H,19,20). The Balaban J connectivity index is 1.45. The molecule has 5 nitrogen and oxygen atoms in total. The molecule has 0 spiro atoms. The van der Waals surface area contributed by atoms with E-state index >= 15 is 0 Å². The molecule has 0 saturated carbocycles. The van der Waals surface area contributed by atoms with Crippen molar-refractivity contribution in [2.45, 2.75) is 18.9 Å². The SMILES string of the molecule is O=C(NC1Cc2ccccc2C1)c1cc(-c2ccco2)[nH]n1. The third-order valence-corrected chi connectivity index (χ3v) is 3.98. The Kier molecular flexibility index (Phi) is 3.04. The molecule has 0 atom stereocenters. The zero-order valence-electron chi connectivity index (χ0n) is 11.9. The summed E-state index contributed by atoms with van der Waals surface area (Å²) < 4.78 is 5.29. The van der Waals surface area contributed by atoms with Crippen molar-refractivity contribution in [2.24, 2.45) is 0 Å². The Bertz CT molecular complexity index is 780. The number of hydrogen-bond donors (Lipinski definition) is 2. The number of hydrogen-bond acceptors (Lipinski definition) is 3. The third-order valence-electron chi connectivity index (χ3n) is 3.98. The number of carbonyl (C=O) groups is 1. The third kappa shape index (κ3) is 2.30. The molecule has 0 radical (unpaired) electrons. The lowest BCUT2D eigenvalue weighted by molar-refractivity contribution is 0.0933. The molecule has 0 saturated heterocycles. The minimum atomic E-state index is -0.160. The van der Waals surface area contributed by atoms with Gasteiger partial charge in [-0.1, -0.05) is 24.3 Å². The molecule has 1 aromatic carbocycles. The number of rotatable bonds is 3. The average molecular weight is 293 g/mol. The molecule has 22 heavy (non-hydrogen) atoms. The number of benzene rings is 1. The Morgan fingerprint density at radius 2 is 1.95 bits per heavy atom. The summed E-state index contributed by atoms with van der Waals surface area (Å²) in [5.41, 5.74) is 3.70. The van der Waals surface area contributed by atoms with E-state index in [1.807, 2.05) is 18.2 Å². The van der Waals surface area contributed by atoms with E-state index in [1.54, 1.807) is 18.4 Å². The van der Waals surface area contributed by atoms with Crippen LogP contribution in [0.25, 0.3) is 11.5 Å². The Hall–Kier alpha value is -2.82. The molecule has 1 aliphatic carbocycles. The summed E-state index contributed by atoms with van der Waals surface area (Å²) in [7, 11) is 0. The number of fused-ring (bicyclic) bond motifs is 1. The van der Waals surface area contributed by atoms with Crippen LogP contribution in [0.15, 0.2) is 53.1 Å². The first-order chi connectivity index (χ1) is 10.8. The van der Waals surface area contributed by atoms with Gasteiger partial charge < -0.3 is 9.73 Å². The maximum absolute atomic E-state index is 12.3. The predicted molar refractivity (Wildman–Crippen MR) is 81.4 cm³/mol. The van der Waals surface area contributed by atoms with Crippen LogP contribution in [0.1, 0.15) is 21.6 Å². The van der Waals surface area contributed by atoms with Gasteiger partial charge in [0, 0.05) is 12.1 Å². The van der Waals surface area contributed by atoms with Gasteiger partial charge in [-0.15, -0.1) is 0 Å². The van der Waals surface area contributed by atoms with Crippen molar-refractivity contribution in [1.29, 1.82) is 0 Å². The van der Waals surface area contributed by atoms with Gasteiger partial charge in [0.05, 0.1) is 6.26 Å². The Labute approximate surface area is 127 Å². The van der Waals surface area contributed by atoms with E-state index in [2.05, 4.69) is 27.6 Å². The normalized spacial score (nSPS) is 14.0. The second kappa shape index (κ2) is 5.18. The van der Waals surface area contributed by atoms with E-state index in [0.717, 1.165) is 12.8 Å². The van der Waals surface area contributed by atoms with Crippen LogP contribution in [0.3, 0.4) is 0 Å². The lowest BCUT2D eigenvalue weighted by Gasteiger charge is -2.10. The largest absolute Gasteiger partial charge is 0.463 e. The molecule has 0 bridgehead atoms. The van der Waals surface area contributed by atoms with Crippen LogP contribution in [-0.2, 0) is 12.8 Å². The fourth-order valence-electron chi connectivity index (χ4n) is 2.92. The summed E-state index contributed by atoms with van der Waals surface area (Å²) in [6.07, 6.45) is 3.33. The fourth-order valence-corrected chi connectivity index (χ4v) is 2.92. The monoisotopic (exact) mass is 293 g/mol. The lowest BCUT2D eigenvalue weighted by atomic mass is 10.1. The number of amides is 1. The van der Waals surface area contributed by atoms with Gasteiger partial charge in [0.25, 0.3) is 5.91 Å². The van der Waals surface area contributed by atoms with E-state index in [1.165, 1.54) is 11.1 Å². The van der Waals surface area contributed by atoms with Crippen molar-refractivity contribution >= 4 is 5.91 Å².